The lowest BCUT2D eigenvalue weighted by Gasteiger charge is -2.39. The largest absolute Gasteiger partial charge is 0.430 e. The third kappa shape index (κ3) is 7.95. The molecule has 0 bridgehead atoms. The van der Waals surface area contributed by atoms with E-state index in [1.165, 1.54) is 13.0 Å². The van der Waals surface area contributed by atoms with Gasteiger partial charge in [-0.15, -0.1) is 0 Å². The standard InChI is InChI=1S/C40H36F9N3O4S/c1-25(50-17-19-51(20-18-50)26(2)53)52-22-32(37(23-52)57(54,55)30-15-16-36(43)31(21-30)27-7-4-3-5-8-27)28-11-13-29(14-12-28)38(39(44,45)46,40(47,48)49)56-24-33-34(41)9-6-10-35(33)42/h3-16,21,32,37H,1,17-20,22-24H2,2H3/t32-,37+/m1/s1. The van der Waals surface area contributed by atoms with Crippen molar-refractivity contribution in [3.63, 3.8) is 0 Å². The van der Waals surface area contributed by atoms with Crippen LogP contribution in [-0.2, 0) is 31.6 Å². The summed E-state index contributed by atoms with van der Waals surface area (Å²) < 4.78 is 165. The number of nitrogens with zero attached hydrogens (tertiary/aromatic N) is 3. The molecule has 1 amide bonds. The van der Waals surface area contributed by atoms with E-state index in [2.05, 4.69) is 11.3 Å². The molecule has 2 aliphatic heterocycles. The van der Waals surface area contributed by atoms with Gasteiger partial charge < -0.3 is 19.4 Å². The van der Waals surface area contributed by atoms with Crippen molar-refractivity contribution in [2.75, 3.05) is 39.3 Å². The zero-order chi connectivity index (χ0) is 41.5. The quantitative estimate of drug-likeness (QED) is 0.119. The first-order valence-electron chi connectivity index (χ1n) is 17.6. The molecule has 7 nitrogen and oxygen atoms in total. The van der Waals surface area contributed by atoms with Crippen LogP contribution in [0.3, 0.4) is 0 Å². The van der Waals surface area contributed by atoms with Gasteiger partial charge in [0, 0.05) is 68.8 Å². The molecule has 0 aliphatic carbocycles. The van der Waals surface area contributed by atoms with Gasteiger partial charge >= 0.3 is 12.4 Å². The topological polar surface area (TPSA) is 70.2 Å². The Labute approximate surface area is 322 Å². The molecular weight excluding hydrogens is 790 g/mol. The van der Waals surface area contributed by atoms with Crippen LogP contribution < -0.4 is 0 Å². The number of hydrogen-bond donors (Lipinski definition) is 0. The van der Waals surface area contributed by atoms with E-state index in [1.807, 2.05) is 4.90 Å². The average Bonchev–Trinajstić information content (AvgIpc) is 3.62. The fourth-order valence-corrected chi connectivity index (χ4v) is 9.29. The molecule has 0 saturated carbocycles. The molecule has 0 radical (unpaired) electrons. The number of amides is 1. The minimum Gasteiger partial charge on any atom is -0.357 e. The SMILES string of the molecule is C=C(N1CCN(C(C)=O)CC1)N1C[C@H](c2ccc(C(OCc3c(F)cccc3F)(C(F)(F)F)C(F)(F)F)cc2)[C@@H](S(=O)(=O)c2ccc(F)c(-c3ccccc3)c2)C1. The van der Waals surface area contributed by atoms with Crippen LogP contribution in [-0.4, -0.2) is 85.9 Å². The van der Waals surface area contributed by atoms with E-state index < -0.39 is 74.1 Å². The van der Waals surface area contributed by atoms with Crippen molar-refractivity contribution in [3.05, 3.63) is 138 Å². The highest BCUT2D eigenvalue weighted by Gasteiger charge is 2.73. The molecule has 2 fully saturated rings. The number of benzene rings is 4. The summed E-state index contributed by atoms with van der Waals surface area (Å²) in [5.74, 6) is -4.33. The second kappa shape index (κ2) is 15.7. The summed E-state index contributed by atoms with van der Waals surface area (Å²) in [6.45, 7) is 4.99. The summed E-state index contributed by atoms with van der Waals surface area (Å²) in [5.41, 5.74) is -7.22. The predicted molar refractivity (Wildman–Crippen MR) is 191 cm³/mol. The molecule has 0 spiro atoms. The number of likely N-dealkylation sites (tertiary alicyclic amines) is 1. The van der Waals surface area contributed by atoms with E-state index in [9.17, 15) is 48.3 Å². The number of hydrogen-bond acceptors (Lipinski definition) is 6. The van der Waals surface area contributed by atoms with Gasteiger partial charge in [-0.2, -0.15) is 26.3 Å². The van der Waals surface area contributed by atoms with Gasteiger partial charge in [-0.1, -0.05) is 67.2 Å². The molecule has 6 rings (SSSR count). The second-order valence-corrected chi connectivity index (χ2v) is 16.0. The number of carbonyl (C=O) groups excluding carboxylic acids is 1. The number of piperazine rings is 1. The number of ether oxygens (including phenoxy) is 1. The first-order valence-corrected chi connectivity index (χ1v) is 19.1. The van der Waals surface area contributed by atoms with E-state index in [0.717, 1.165) is 30.3 Å². The zero-order valence-corrected chi connectivity index (χ0v) is 31.1. The van der Waals surface area contributed by atoms with Crippen molar-refractivity contribution in [2.24, 2.45) is 0 Å². The minimum absolute atomic E-state index is 0.00825. The first-order chi connectivity index (χ1) is 26.8. The number of halogens is 9. The molecule has 0 N–H and O–H groups in total. The number of alkyl halides is 6. The highest BCUT2D eigenvalue weighted by atomic mass is 32.2. The second-order valence-electron chi connectivity index (χ2n) is 13.8. The van der Waals surface area contributed by atoms with Crippen molar-refractivity contribution < 1.29 is 57.5 Å². The Morgan fingerprint density at radius 2 is 1.32 bits per heavy atom. The van der Waals surface area contributed by atoms with Crippen molar-refractivity contribution >= 4 is 15.7 Å². The van der Waals surface area contributed by atoms with Gasteiger partial charge in [0.1, 0.15) is 17.5 Å². The van der Waals surface area contributed by atoms with Crippen LogP contribution >= 0.6 is 0 Å². The monoisotopic (exact) mass is 825 g/mol. The van der Waals surface area contributed by atoms with Crippen molar-refractivity contribution in [1.29, 1.82) is 0 Å². The summed E-state index contributed by atoms with van der Waals surface area (Å²) >= 11 is 0. The molecule has 2 saturated heterocycles. The van der Waals surface area contributed by atoms with Crippen LogP contribution in [0.15, 0.2) is 108 Å². The Bertz CT molecular complexity index is 2190. The zero-order valence-electron chi connectivity index (χ0n) is 30.3. The fourth-order valence-electron chi connectivity index (χ4n) is 7.34. The van der Waals surface area contributed by atoms with Crippen LogP contribution in [0.2, 0.25) is 0 Å². The first kappa shape index (κ1) is 41.6. The molecule has 304 valence electrons. The lowest BCUT2D eigenvalue weighted by Crippen LogP contribution is -2.55. The average molecular weight is 826 g/mol. The molecule has 2 aliphatic rings. The lowest BCUT2D eigenvalue weighted by molar-refractivity contribution is -0.392. The minimum atomic E-state index is -6.19. The molecule has 4 aromatic carbocycles. The number of carbonyl (C=O) groups is 1. The Balaban J connectivity index is 1.39. The van der Waals surface area contributed by atoms with Crippen molar-refractivity contribution in [2.45, 2.75) is 47.5 Å². The van der Waals surface area contributed by atoms with E-state index in [-0.39, 0.29) is 35.0 Å². The van der Waals surface area contributed by atoms with E-state index >= 15 is 4.39 Å². The lowest BCUT2D eigenvalue weighted by atomic mass is 9.88. The maximum absolute atomic E-state index is 15.1. The molecule has 17 heteroatoms. The summed E-state index contributed by atoms with van der Waals surface area (Å²) in [6.07, 6.45) is -12.4. The summed E-state index contributed by atoms with van der Waals surface area (Å²) in [5, 5.41) is -1.36. The van der Waals surface area contributed by atoms with Gasteiger partial charge in [-0.3, -0.25) is 4.79 Å². The van der Waals surface area contributed by atoms with Crippen molar-refractivity contribution in [3.8, 4) is 11.1 Å². The van der Waals surface area contributed by atoms with Crippen LogP contribution in [0.4, 0.5) is 39.5 Å². The molecule has 0 aromatic heterocycles. The summed E-state index contributed by atoms with van der Waals surface area (Å²) in [6, 6.07) is 16.5. The molecule has 57 heavy (non-hydrogen) atoms. The van der Waals surface area contributed by atoms with Gasteiger partial charge in [0.2, 0.25) is 5.91 Å². The Morgan fingerprint density at radius 1 is 0.737 bits per heavy atom. The summed E-state index contributed by atoms with van der Waals surface area (Å²) in [4.78, 5) is 16.8. The molecule has 4 aromatic rings. The Hall–Kier alpha value is -5.03. The Morgan fingerprint density at radius 3 is 1.88 bits per heavy atom. The fraction of sp³-hybridized carbons (Fsp3) is 0.325. The normalized spacial score (nSPS) is 18.2. The van der Waals surface area contributed by atoms with Gasteiger partial charge in [0.15, 0.2) is 9.84 Å². The van der Waals surface area contributed by atoms with Gasteiger partial charge in [0.05, 0.1) is 22.6 Å². The predicted octanol–water partition coefficient (Wildman–Crippen LogP) is 8.18. The highest BCUT2D eigenvalue weighted by molar-refractivity contribution is 7.92. The van der Waals surface area contributed by atoms with Crippen LogP contribution in [0.5, 0.6) is 0 Å². The maximum atomic E-state index is 15.1. The maximum Gasteiger partial charge on any atom is 0.430 e. The smallest absolute Gasteiger partial charge is 0.357 e. The van der Waals surface area contributed by atoms with Crippen LogP contribution in [0, 0.1) is 17.5 Å². The van der Waals surface area contributed by atoms with Gasteiger partial charge in [-0.25, -0.2) is 21.6 Å². The van der Waals surface area contributed by atoms with Crippen LogP contribution in [0.1, 0.15) is 29.5 Å². The van der Waals surface area contributed by atoms with Crippen molar-refractivity contribution in [1.82, 2.24) is 14.7 Å². The van der Waals surface area contributed by atoms with Crippen LogP contribution in [0.25, 0.3) is 11.1 Å². The van der Waals surface area contributed by atoms with Gasteiger partial charge in [-0.05, 0) is 41.5 Å². The third-order valence-electron chi connectivity index (χ3n) is 10.5. The van der Waals surface area contributed by atoms with Gasteiger partial charge in [0.25, 0.3) is 5.60 Å². The molecule has 2 heterocycles. The van der Waals surface area contributed by atoms with E-state index in [1.54, 1.807) is 40.1 Å². The Kier molecular flexibility index (Phi) is 11.5. The summed E-state index contributed by atoms with van der Waals surface area (Å²) in [7, 11) is -4.41. The van der Waals surface area contributed by atoms with E-state index in [4.69, 9.17) is 0 Å². The molecule has 2 atom stereocenters. The molecular formula is C40H36F9N3O4S. The highest BCUT2D eigenvalue weighted by Crippen LogP contribution is 2.54. The van der Waals surface area contributed by atoms with E-state index in [0.29, 0.717) is 61.8 Å². The third-order valence-corrected chi connectivity index (χ3v) is 12.7. The number of sulfone groups is 1. The number of rotatable bonds is 10. The molecule has 0 unspecified atom stereocenters.